The van der Waals surface area contributed by atoms with Crippen molar-refractivity contribution in [3.8, 4) is 11.1 Å². The fourth-order valence-electron chi connectivity index (χ4n) is 1.65. The number of hydrogen-bond donors (Lipinski definition) is 1. The van der Waals surface area contributed by atoms with Gasteiger partial charge in [-0.1, -0.05) is 44.2 Å². The lowest BCUT2D eigenvalue weighted by molar-refractivity contribution is 0.0189. The van der Waals surface area contributed by atoms with Crippen molar-refractivity contribution in [3.05, 3.63) is 48.4 Å². The number of furan rings is 1. The highest BCUT2D eigenvalue weighted by Crippen LogP contribution is 2.24. The molecule has 19 heavy (non-hydrogen) atoms. The van der Waals surface area contributed by atoms with Crippen LogP contribution in [0.5, 0.6) is 0 Å². The van der Waals surface area contributed by atoms with E-state index in [0.29, 0.717) is 12.5 Å². The van der Waals surface area contributed by atoms with Crippen molar-refractivity contribution in [1.82, 2.24) is 5.48 Å². The Hall–Kier alpha value is -2.07. The van der Waals surface area contributed by atoms with Crippen molar-refractivity contribution in [2.24, 2.45) is 5.92 Å². The Bertz CT molecular complexity index is 531. The normalized spacial score (nSPS) is 10.7. The third-order valence-corrected chi connectivity index (χ3v) is 2.54. The van der Waals surface area contributed by atoms with Crippen molar-refractivity contribution in [1.29, 1.82) is 0 Å². The second kappa shape index (κ2) is 6.20. The average molecular weight is 259 g/mol. The molecule has 0 saturated carbocycles. The van der Waals surface area contributed by atoms with Crippen LogP contribution < -0.4 is 5.48 Å². The molecule has 4 heteroatoms. The largest absolute Gasteiger partial charge is 0.458 e. The van der Waals surface area contributed by atoms with E-state index < -0.39 is 0 Å². The fraction of sp³-hybridized carbons (Fsp3) is 0.267. The van der Waals surface area contributed by atoms with Gasteiger partial charge in [0, 0.05) is 5.56 Å². The zero-order valence-electron chi connectivity index (χ0n) is 11.1. The van der Waals surface area contributed by atoms with E-state index in [1.165, 1.54) is 6.26 Å². The maximum absolute atomic E-state index is 12.0. The average Bonchev–Trinajstić information content (AvgIpc) is 2.88. The summed E-state index contributed by atoms with van der Waals surface area (Å²) in [5.74, 6) is 0.241. The quantitative estimate of drug-likeness (QED) is 0.838. The first kappa shape index (κ1) is 13.4. The van der Waals surface area contributed by atoms with Crippen LogP contribution in [0.4, 0.5) is 0 Å². The third kappa shape index (κ3) is 3.45. The molecule has 2 rings (SSSR count). The van der Waals surface area contributed by atoms with Crippen LogP contribution in [0.25, 0.3) is 11.1 Å². The Morgan fingerprint density at radius 3 is 2.68 bits per heavy atom. The van der Waals surface area contributed by atoms with E-state index in [2.05, 4.69) is 5.48 Å². The first-order valence-electron chi connectivity index (χ1n) is 6.23. The van der Waals surface area contributed by atoms with E-state index >= 15 is 0 Å². The summed E-state index contributed by atoms with van der Waals surface area (Å²) in [5.41, 5.74) is 4.09. The molecule has 2 aromatic rings. The molecule has 0 bridgehead atoms. The van der Waals surface area contributed by atoms with E-state index in [4.69, 9.17) is 9.25 Å². The molecule has 0 aliphatic carbocycles. The minimum absolute atomic E-state index is 0.259. The first-order chi connectivity index (χ1) is 9.18. The molecule has 0 saturated heterocycles. The van der Waals surface area contributed by atoms with E-state index in [0.717, 1.165) is 11.1 Å². The second-order valence-corrected chi connectivity index (χ2v) is 4.67. The van der Waals surface area contributed by atoms with Crippen molar-refractivity contribution < 1.29 is 14.0 Å². The van der Waals surface area contributed by atoms with Crippen molar-refractivity contribution >= 4 is 5.91 Å². The molecule has 0 atom stereocenters. The second-order valence-electron chi connectivity index (χ2n) is 4.67. The van der Waals surface area contributed by atoms with Gasteiger partial charge in [-0.05, 0) is 17.5 Å². The zero-order valence-corrected chi connectivity index (χ0v) is 11.1. The van der Waals surface area contributed by atoms with Gasteiger partial charge in [0.05, 0.1) is 12.9 Å². The van der Waals surface area contributed by atoms with Gasteiger partial charge in [-0.3, -0.25) is 9.63 Å². The molecule has 1 heterocycles. The number of carbonyl (C=O) groups excluding carboxylic acids is 1. The smallest absolute Gasteiger partial charge is 0.311 e. The molecular formula is C15H17NO3. The van der Waals surface area contributed by atoms with Gasteiger partial charge in [-0.25, -0.2) is 5.48 Å². The topological polar surface area (TPSA) is 51.5 Å². The Morgan fingerprint density at radius 1 is 1.26 bits per heavy atom. The summed E-state index contributed by atoms with van der Waals surface area (Å²) in [6, 6.07) is 11.4. The highest BCUT2D eigenvalue weighted by atomic mass is 16.7. The number of nitrogens with one attached hydrogen (secondary N) is 1. The van der Waals surface area contributed by atoms with Crippen LogP contribution in [0.1, 0.15) is 24.4 Å². The van der Waals surface area contributed by atoms with Gasteiger partial charge in [0.2, 0.25) is 5.76 Å². The van der Waals surface area contributed by atoms with E-state index in [-0.39, 0.29) is 11.7 Å². The van der Waals surface area contributed by atoms with Crippen LogP contribution in [0.3, 0.4) is 0 Å². The summed E-state index contributed by atoms with van der Waals surface area (Å²) < 4.78 is 5.25. The molecule has 100 valence electrons. The summed E-state index contributed by atoms with van der Waals surface area (Å²) in [6.45, 7) is 4.48. The van der Waals surface area contributed by atoms with Gasteiger partial charge in [0.25, 0.3) is 0 Å². The number of benzene rings is 1. The van der Waals surface area contributed by atoms with E-state index in [1.807, 2.05) is 44.2 Å². The predicted octanol–water partition coefficient (Wildman–Crippen LogP) is 3.26. The van der Waals surface area contributed by atoms with Crippen LogP contribution in [-0.4, -0.2) is 12.5 Å². The summed E-state index contributed by atoms with van der Waals surface area (Å²) in [6.07, 6.45) is 1.50. The van der Waals surface area contributed by atoms with Crippen molar-refractivity contribution in [2.45, 2.75) is 13.8 Å². The Kier molecular flexibility index (Phi) is 4.36. The lowest BCUT2D eigenvalue weighted by atomic mass is 10.1. The first-order valence-corrected chi connectivity index (χ1v) is 6.23. The Balaban J connectivity index is 2.09. The van der Waals surface area contributed by atoms with Crippen LogP contribution in [0.15, 0.2) is 47.1 Å². The Morgan fingerprint density at radius 2 is 2.00 bits per heavy atom. The molecule has 1 aromatic carbocycles. The number of rotatable bonds is 5. The standard InChI is InChI=1S/C15H17NO3/c1-11(2)10-19-16-15(17)14-13(8-9-18-14)12-6-4-3-5-7-12/h3-9,11H,10H2,1-2H3,(H,16,17). The van der Waals surface area contributed by atoms with Gasteiger partial charge < -0.3 is 4.42 Å². The van der Waals surface area contributed by atoms with E-state index in [1.54, 1.807) is 6.07 Å². The number of hydroxylamine groups is 1. The number of amides is 1. The molecule has 1 aromatic heterocycles. The molecule has 0 unspecified atom stereocenters. The molecule has 0 spiro atoms. The SMILES string of the molecule is CC(C)CONC(=O)c1occc1-c1ccccc1. The van der Waals surface area contributed by atoms with Crippen molar-refractivity contribution in [2.75, 3.05) is 6.61 Å². The number of carbonyl (C=O) groups is 1. The fourth-order valence-corrected chi connectivity index (χ4v) is 1.65. The van der Waals surface area contributed by atoms with Gasteiger partial charge in [-0.2, -0.15) is 0 Å². The molecule has 1 amide bonds. The van der Waals surface area contributed by atoms with Crippen LogP contribution in [0, 0.1) is 5.92 Å². The van der Waals surface area contributed by atoms with Crippen LogP contribution in [0.2, 0.25) is 0 Å². The molecule has 4 nitrogen and oxygen atoms in total. The lowest BCUT2D eigenvalue weighted by Crippen LogP contribution is -2.25. The molecule has 0 aliphatic heterocycles. The maximum atomic E-state index is 12.0. The third-order valence-electron chi connectivity index (χ3n) is 2.54. The minimum Gasteiger partial charge on any atom is -0.458 e. The predicted molar refractivity (Wildman–Crippen MR) is 72.4 cm³/mol. The van der Waals surface area contributed by atoms with Crippen molar-refractivity contribution in [3.63, 3.8) is 0 Å². The Labute approximate surface area is 112 Å². The molecule has 0 fully saturated rings. The van der Waals surface area contributed by atoms with Gasteiger partial charge in [0.1, 0.15) is 0 Å². The number of hydrogen-bond acceptors (Lipinski definition) is 3. The maximum Gasteiger partial charge on any atom is 0.311 e. The van der Waals surface area contributed by atoms with E-state index in [9.17, 15) is 4.79 Å². The lowest BCUT2D eigenvalue weighted by Gasteiger charge is -2.07. The molecular weight excluding hydrogens is 242 g/mol. The van der Waals surface area contributed by atoms with Crippen LogP contribution >= 0.6 is 0 Å². The van der Waals surface area contributed by atoms with Gasteiger partial charge in [0.15, 0.2) is 0 Å². The highest BCUT2D eigenvalue weighted by Gasteiger charge is 2.16. The van der Waals surface area contributed by atoms with Gasteiger partial charge in [-0.15, -0.1) is 0 Å². The summed E-state index contributed by atoms with van der Waals surface area (Å²) in [4.78, 5) is 17.1. The summed E-state index contributed by atoms with van der Waals surface area (Å²) >= 11 is 0. The molecule has 0 radical (unpaired) electrons. The minimum atomic E-state index is -0.371. The van der Waals surface area contributed by atoms with Gasteiger partial charge >= 0.3 is 5.91 Å². The summed E-state index contributed by atoms with van der Waals surface area (Å²) in [7, 11) is 0. The molecule has 0 aliphatic rings. The van der Waals surface area contributed by atoms with Crippen LogP contribution in [-0.2, 0) is 4.84 Å². The zero-order chi connectivity index (χ0) is 13.7. The molecule has 1 N–H and O–H groups in total. The summed E-state index contributed by atoms with van der Waals surface area (Å²) in [5, 5.41) is 0. The highest BCUT2D eigenvalue weighted by molar-refractivity contribution is 5.97. The monoisotopic (exact) mass is 259 g/mol.